The average molecular weight is 347 g/mol. The van der Waals surface area contributed by atoms with Crippen LogP contribution in [0.4, 0.5) is 0 Å². The van der Waals surface area contributed by atoms with Gasteiger partial charge in [0, 0.05) is 31.0 Å². The van der Waals surface area contributed by atoms with E-state index in [1.807, 2.05) is 0 Å². The second-order valence-electron chi connectivity index (χ2n) is 5.44. The molecule has 2 heterocycles. The minimum absolute atomic E-state index is 0.0184. The van der Waals surface area contributed by atoms with E-state index in [0.29, 0.717) is 43.0 Å². The summed E-state index contributed by atoms with van der Waals surface area (Å²) in [5, 5.41) is 5.16. The molecule has 0 bridgehead atoms. The lowest BCUT2D eigenvalue weighted by atomic mass is 10.1. The van der Waals surface area contributed by atoms with Gasteiger partial charge in [-0.25, -0.2) is 13.6 Å². The maximum Gasteiger partial charge on any atom is 0.255 e. The molecule has 2 N–H and O–H groups in total. The van der Waals surface area contributed by atoms with Crippen LogP contribution in [-0.2, 0) is 14.8 Å². The summed E-state index contributed by atoms with van der Waals surface area (Å²) < 4.78 is 28.2. The number of amides is 1. The lowest BCUT2D eigenvalue weighted by Gasteiger charge is -2.26. The molecule has 3 rings (SSSR count). The van der Waals surface area contributed by atoms with Crippen LogP contribution in [0.2, 0.25) is 0 Å². The molecule has 0 unspecified atom stereocenters. The molecule has 1 aromatic carbocycles. The van der Waals surface area contributed by atoms with Crippen LogP contribution < -0.4 is 5.14 Å². The Bertz CT molecular complexity index is 861. The number of carbonyl (C=O) groups is 1. The van der Waals surface area contributed by atoms with Gasteiger partial charge >= 0.3 is 0 Å². The van der Waals surface area contributed by atoms with Gasteiger partial charge in [-0.3, -0.25) is 9.78 Å². The van der Waals surface area contributed by atoms with Gasteiger partial charge in [-0.15, -0.1) is 0 Å². The molecular weight excluding hydrogens is 330 g/mol. The van der Waals surface area contributed by atoms with Crippen molar-refractivity contribution in [1.82, 2.24) is 9.88 Å². The van der Waals surface area contributed by atoms with Gasteiger partial charge in [-0.05, 0) is 23.8 Å². The van der Waals surface area contributed by atoms with Gasteiger partial charge in [0.05, 0.1) is 23.7 Å². The van der Waals surface area contributed by atoms with Crippen molar-refractivity contribution >= 4 is 15.9 Å². The fraction of sp³-hybridized carbons (Fsp3) is 0.250. The molecule has 1 aliphatic rings. The molecule has 0 spiro atoms. The third-order valence-electron chi connectivity index (χ3n) is 3.78. The maximum absolute atomic E-state index is 12.5. The molecule has 1 saturated heterocycles. The second-order valence-corrected chi connectivity index (χ2v) is 7.00. The third-order valence-corrected chi connectivity index (χ3v) is 4.69. The molecule has 2 aromatic rings. The van der Waals surface area contributed by atoms with Crippen LogP contribution in [0.3, 0.4) is 0 Å². The van der Waals surface area contributed by atoms with E-state index in [9.17, 15) is 13.2 Å². The number of sulfonamides is 1. The number of pyridine rings is 1. The van der Waals surface area contributed by atoms with Crippen molar-refractivity contribution in [3.63, 3.8) is 0 Å². The van der Waals surface area contributed by atoms with Crippen LogP contribution in [0, 0.1) is 0 Å². The van der Waals surface area contributed by atoms with Gasteiger partial charge in [0.15, 0.2) is 0 Å². The smallest absolute Gasteiger partial charge is 0.255 e. The summed E-state index contributed by atoms with van der Waals surface area (Å²) in [6.45, 7) is 2.14. The minimum Gasteiger partial charge on any atom is -0.378 e. The van der Waals surface area contributed by atoms with Crippen molar-refractivity contribution in [1.29, 1.82) is 0 Å². The van der Waals surface area contributed by atoms with Crippen molar-refractivity contribution in [3.05, 3.63) is 48.3 Å². The lowest BCUT2D eigenvalue weighted by molar-refractivity contribution is 0.0302. The standard InChI is InChI=1S/C16H17N3O4S/c17-24(21,22)15-3-1-2-12(9-15)13-8-14(11-18-10-13)16(20)19-4-6-23-7-5-19/h1-3,8-11H,4-7H2,(H2,17,21,22). The lowest BCUT2D eigenvalue weighted by Crippen LogP contribution is -2.40. The van der Waals surface area contributed by atoms with Crippen molar-refractivity contribution < 1.29 is 17.9 Å². The first-order valence-electron chi connectivity index (χ1n) is 7.40. The van der Waals surface area contributed by atoms with Gasteiger partial charge < -0.3 is 9.64 Å². The number of nitrogens with zero attached hydrogens (tertiary/aromatic N) is 2. The highest BCUT2D eigenvalue weighted by atomic mass is 32.2. The number of hydrogen-bond acceptors (Lipinski definition) is 5. The molecule has 24 heavy (non-hydrogen) atoms. The highest BCUT2D eigenvalue weighted by Crippen LogP contribution is 2.22. The fourth-order valence-electron chi connectivity index (χ4n) is 2.52. The summed E-state index contributed by atoms with van der Waals surface area (Å²) in [4.78, 5) is 18.4. The van der Waals surface area contributed by atoms with Crippen molar-refractivity contribution in [2.75, 3.05) is 26.3 Å². The Labute approximate surface area is 140 Å². The molecule has 0 saturated carbocycles. The van der Waals surface area contributed by atoms with E-state index >= 15 is 0 Å². The van der Waals surface area contributed by atoms with Crippen LogP contribution in [-0.4, -0.2) is 50.5 Å². The van der Waals surface area contributed by atoms with Gasteiger partial charge in [-0.2, -0.15) is 0 Å². The van der Waals surface area contributed by atoms with Crippen LogP contribution in [0.5, 0.6) is 0 Å². The number of hydrogen-bond donors (Lipinski definition) is 1. The Balaban J connectivity index is 1.92. The minimum atomic E-state index is -3.79. The molecule has 1 fully saturated rings. The monoisotopic (exact) mass is 347 g/mol. The van der Waals surface area contributed by atoms with E-state index in [1.165, 1.54) is 18.3 Å². The van der Waals surface area contributed by atoms with E-state index in [4.69, 9.17) is 9.88 Å². The summed E-state index contributed by atoms with van der Waals surface area (Å²) in [6.07, 6.45) is 3.09. The van der Waals surface area contributed by atoms with Crippen LogP contribution in [0.15, 0.2) is 47.6 Å². The highest BCUT2D eigenvalue weighted by molar-refractivity contribution is 7.89. The molecular formula is C16H17N3O4S. The summed E-state index contributed by atoms with van der Waals surface area (Å²) in [5.74, 6) is -0.116. The zero-order valence-corrected chi connectivity index (χ0v) is 13.7. The number of aromatic nitrogens is 1. The van der Waals surface area contributed by atoms with E-state index in [-0.39, 0.29) is 10.8 Å². The van der Waals surface area contributed by atoms with Crippen molar-refractivity contribution in [2.24, 2.45) is 5.14 Å². The first kappa shape index (κ1) is 16.6. The zero-order chi connectivity index (χ0) is 17.2. The predicted molar refractivity (Wildman–Crippen MR) is 87.8 cm³/mol. The molecule has 1 aromatic heterocycles. The SMILES string of the molecule is NS(=O)(=O)c1cccc(-c2cncc(C(=O)N3CCOCC3)c2)c1. The number of ether oxygens (including phenoxy) is 1. The number of primary sulfonamides is 1. The normalized spacial score (nSPS) is 15.3. The van der Waals surface area contributed by atoms with Crippen molar-refractivity contribution in [2.45, 2.75) is 4.90 Å². The van der Waals surface area contributed by atoms with E-state index in [1.54, 1.807) is 29.3 Å². The zero-order valence-electron chi connectivity index (χ0n) is 12.9. The van der Waals surface area contributed by atoms with Crippen LogP contribution >= 0.6 is 0 Å². The largest absolute Gasteiger partial charge is 0.378 e. The summed E-state index contributed by atoms with van der Waals surface area (Å²) in [7, 11) is -3.79. The summed E-state index contributed by atoms with van der Waals surface area (Å²) >= 11 is 0. The molecule has 126 valence electrons. The molecule has 8 heteroatoms. The first-order valence-corrected chi connectivity index (χ1v) is 8.95. The van der Waals surface area contributed by atoms with E-state index in [2.05, 4.69) is 4.98 Å². The number of rotatable bonds is 3. The molecule has 0 atom stereocenters. The van der Waals surface area contributed by atoms with Crippen LogP contribution in [0.25, 0.3) is 11.1 Å². The Hall–Kier alpha value is -2.29. The Morgan fingerprint density at radius 1 is 1.12 bits per heavy atom. The number of morpholine rings is 1. The Morgan fingerprint density at radius 3 is 2.58 bits per heavy atom. The summed E-state index contributed by atoms with van der Waals surface area (Å²) in [5.41, 5.74) is 1.74. The molecule has 1 amide bonds. The van der Waals surface area contributed by atoms with Crippen molar-refractivity contribution in [3.8, 4) is 11.1 Å². The number of benzene rings is 1. The first-order chi connectivity index (χ1) is 11.4. The summed E-state index contributed by atoms with van der Waals surface area (Å²) in [6, 6.07) is 7.94. The quantitative estimate of drug-likeness (QED) is 0.887. The topological polar surface area (TPSA) is 103 Å². The van der Waals surface area contributed by atoms with Gasteiger partial charge in [0.2, 0.25) is 10.0 Å². The van der Waals surface area contributed by atoms with Gasteiger partial charge in [-0.1, -0.05) is 12.1 Å². The molecule has 1 aliphatic heterocycles. The predicted octanol–water partition coefficient (Wildman–Crippen LogP) is 0.868. The number of nitrogens with two attached hydrogens (primary N) is 1. The molecule has 0 radical (unpaired) electrons. The Morgan fingerprint density at radius 2 is 1.88 bits per heavy atom. The number of carbonyl (C=O) groups excluding carboxylic acids is 1. The average Bonchev–Trinajstić information content (AvgIpc) is 2.61. The maximum atomic E-state index is 12.5. The highest BCUT2D eigenvalue weighted by Gasteiger charge is 2.19. The molecule has 7 nitrogen and oxygen atoms in total. The fourth-order valence-corrected chi connectivity index (χ4v) is 3.08. The second kappa shape index (κ2) is 6.68. The van der Waals surface area contributed by atoms with Gasteiger partial charge in [0.1, 0.15) is 0 Å². The van der Waals surface area contributed by atoms with E-state index < -0.39 is 10.0 Å². The van der Waals surface area contributed by atoms with Gasteiger partial charge in [0.25, 0.3) is 5.91 Å². The third kappa shape index (κ3) is 3.61. The van der Waals surface area contributed by atoms with Crippen LogP contribution in [0.1, 0.15) is 10.4 Å². The molecule has 0 aliphatic carbocycles. The van der Waals surface area contributed by atoms with E-state index in [0.717, 1.165) is 0 Å². The Kier molecular flexibility index (Phi) is 4.61.